The number of hydrogen-bond donors (Lipinski definition) is 3. The average molecular weight is 434 g/mol. The summed E-state index contributed by atoms with van der Waals surface area (Å²) in [5.41, 5.74) is 1.97. The topological polar surface area (TPSA) is 88.7 Å². The molecule has 0 aliphatic rings. The molecule has 3 rings (SSSR count). The first-order chi connectivity index (χ1) is 15.6. The van der Waals surface area contributed by atoms with Crippen LogP contribution in [0.25, 0.3) is 0 Å². The molecule has 0 heterocycles. The van der Waals surface area contributed by atoms with Crippen LogP contribution in [0.2, 0.25) is 0 Å². The van der Waals surface area contributed by atoms with E-state index in [0.29, 0.717) is 36.8 Å². The maximum absolute atomic E-state index is 12.3. The SMILES string of the molecule is CCNC(=O)c1ccc(NCC(=O)Nc2cccc(OCCOc3ccccc3)c2)cc1. The highest BCUT2D eigenvalue weighted by molar-refractivity contribution is 5.95. The fourth-order valence-electron chi connectivity index (χ4n) is 2.89. The molecule has 0 unspecified atom stereocenters. The van der Waals surface area contributed by atoms with Crippen LogP contribution in [0, 0.1) is 0 Å². The summed E-state index contributed by atoms with van der Waals surface area (Å²) < 4.78 is 11.3. The minimum absolute atomic E-state index is 0.0938. The van der Waals surface area contributed by atoms with Gasteiger partial charge in [-0.25, -0.2) is 0 Å². The van der Waals surface area contributed by atoms with Gasteiger partial charge >= 0.3 is 0 Å². The molecule has 7 nitrogen and oxygen atoms in total. The van der Waals surface area contributed by atoms with Gasteiger partial charge in [0.2, 0.25) is 5.91 Å². The molecule has 0 radical (unpaired) electrons. The summed E-state index contributed by atoms with van der Waals surface area (Å²) in [6.07, 6.45) is 0. The lowest BCUT2D eigenvalue weighted by atomic mass is 10.2. The Morgan fingerprint density at radius 1 is 0.781 bits per heavy atom. The zero-order chi connectivity index (χ0) is 22.6. The molecule has 7 heteroatoms. The third-order valence-electron chi connectivity index (χ3n) is 4.42. The number of rotatable bonds is 11. The number of ether oxygens (including phenoxy) is 2. The van der Waals surface area contributed by atoms with Gasteiger partial charge in [-0.1, -0.05) is 24.3 Å². The fourth-order valence-corrected chi connectivity index (χ4v) is 2.89. The van der Waals surface area contributed by atoms with E-state index >= 15 is 0 Å². The summed E-state index contributed by atoms with van der Waals surface area (Å²) in [7, 11) is 0. The van der Waals surface area contributed by atoms with Crippen molar-refractivity contribution >= 4 is 23.2 Å². The summed E-state index contributed by atoms with van der Waals surface area (Å²) in [6, 6.07) is 23.7. The number of hydrogen-bond acceptors (Lipinski definition) is 5. The molecule has 0 atom stereocenters. The fraction of sp³-hybridized carbons (Fsp3) is 0.200. The van der Waals surface area contributed by atoms with Gasteiger partial charge in [0, 0.05) is 29.5 Å². The first kappa shape index (κ1) is 22.7. The standard InChI is InChI=1S/C25H27N3O4/c1-2-26-25(30)19-11-13-20(14-12-19)27-18-24(29)28-21-7-6-10-23(17-21)32-16-15-31-22-8-4-3-5-9-22/h3-14,17,27H,2,15-16,18H2,1H3,(H,26,30)(H,28,29). The second-order valence-electron chi connectivity index (χ2n) is 6.88. The molecule has 3 N–H and O–H groups in total. The van der Waals surface area contributed by atoms with Gasteiger partial charge in [-0.05, 0) is 55.5 Å². The van der Waals surface area contributed by atoms with E-state index < -0.39 is 0 Å². The Morgan fingerprint density at radius 2 is 1.47 bits per heavy atom. The Hall–Kier alpha value is -4.00. The molecule has 3 aromatic carbocycles. The molecule has 0 spiro atoms. The molecule has 0 aliphatic carbocycles. The van der Waals surface area contributed by atoms with Crippen molar-refractivity contribution in [2.45, 2.75) is 6.92 Å². The molecule has 32 heavy (non-hydrogen) atoms. The number of benzene rings is 3. The van der Waals surface area contributed by atoms with Crippen molar-refractivity contribution in [3.8, 4) is 11.5 Å². The summed E-state index contributed by atoms with van der Waals surface area (Å²) in [4.78, 5) is 24.1. The lowest BCUT2D eigenvalue weighted by molar-refractivity contribution is -0.114. The number of nitrogens with one attached hydrogen (secondary N) is 3. The predicted molar refractivity (Wildman–Crippen MR) is 125 cm³/mol. The average Bonchev–Trinajstić information content (AvgIpc) is 2.82. The van der Waals surface area contributed by atoms with E-state index in [1.165, 1.54) is 0 Å². The van der Waals surface area contributed by atoms with Gasteiger partial charge in [0.15, 0.2) is 0 Å². The van der Waals surface area contributed by atoms with Crippen LogP contribution in [-0.2, 0) is 4.79 Å². The van der Waals surface area contributed by atoms with Crippen molar-refractivity contribution in [1.82, 2.24) is 5.32 Å². The first-order valence-corrected chi connectivity index (χ1v) is 10.5. The highest BCUT2D eigenvalue weighted by Gasteiger charge is 2.06. The van der Waals surface area contributed by atoms with E-state index in [2.05, 4.69) is 16.0 Å². The van der Waals surface area contributed by atoms with Crippen LogP contribution in [0.4, 0.5) is 11.4 Å². The van der Waals surface area contributed by atoms with E-state index in [0.717, 1.165) is 11.4 Å². The predicted octanol–water partition coefficient (Wildman–Crippen LogP) is 3.94. The Kier molecular flexibility index (Phi) is 8.50. The number of carbonyl (C=O) groups is 2. The van der Waals surface area contributed by atoms with Gasteiger partial charge in [-0.15, -0.1) is 0 Å². The first-order valence-electron chi connectivity index (χ1n) is 10.5. The number of carbonyl (C=O) groups excluding carboxylic acids is 2. The van der Waals surface area contributed by atoms with E-state index in [4.69, 9.17) is 9.47 Å². The van der Waals surface area contributed by atoms with Gasteiger partial charge in [0.1, 0.15) is 24.7 Å². The monoisotopic (exact) mass is 433 g/mol. The minimum Gasteiger partial charge on any atom is -0.490 e. The Bertz CT molecular complexity index is 1010. The highest BCUT2D eigenvalue weighted by atomic mass is 16.5. The quantitative estimate of drug-likeness (QED) is 0.399. The second kappa shape index (κ2) is 12.0. The zero-order valence-corrected chi connectivity index (χ0v) is 18.0. The van der Waals surface area contributed by atoms with Crippen molar-refractivity contribution < 1.29 is 19.1 Å². The molecule has 3 aromatic rings. The lowest BCUT2D eigenvalue weighted by Gasteiger charge is -2.11. The Labute approximate surface area is 187 Å². The highest BCUT2D eigenvalue weighted by Crippen LogP contribution is 2.18. The summed E-state index contributed by atoms with van der Waals surface area (Å²) >= 11 is 0. The van der Waals surface area contributed by atoms with Crippen molar-refractivity contribution in [1.29, 1.82) is 0 Å². The maximum atomic E-state index is 12.3. The zero-order valence-electron chi connectivity index (χ0n) is 18.0. The van der Waals surface area contributed by atoms with Crippen LogP contribution in [0.15, 0.2) is 78.9 Å². The lowest BCUT2D eigenvalue weighted by Crippen LogP contribution is -2.23. The van der Waals surface area contributed by atoms with Crippen LogP contribution in [-0.4, -0.2) is 38.1 Å². The smallest absolute Gasteiger partial charge is 0.251 e. The second-order valence-corrected chi connectivity index (χ2v) is 6.88. The molecular formula is C25H27N3O4. The van der Waals surface area contributed by atoms with Gasteiger partial charge in [0.25, 0.3) is 5.91 Å². The third kappa shape index (κ3) is 7.36. The molecule has 0 aliphatic heterocycles. The van der Waals surface area contributed by atoms with Gasteiger partial charge < -0.3 is 25.4 Å². The van der Waals surface area contributed by atoms with E-state index in [9.17, 15) is 9.59 Å². The largest absolute Gasteiger partial charge is 0.490 e. The number of amides is 2. The number of anilines is 2. The minimum atomic E-state index is -0.192. The van der Waals surface area contributed by atoms with E-state index in [1.807, 2.05) is 49.4 Å². The molecule has 166 valence electrons. The van der Waals surface area contributed by atoms with Crippen LogP contribution >= 0.6 is 0 Å². The maximum Gasteiger partial charge on any atom is 0.251 e. The van der Waals surface area contributed by atoms with Crippen LogP contribution in [0.3, 0.4) is 0 Å². The van der Waals surface area contributed by atoms with Crippen LogP contribution < -0.4 is 25.4 Å². The van der Waals surface area contributed by atoms with E-state index in [1.54, 1.807) is 36.4 Å². The van der Waals surface area contributed by atoms with Gasteiger partial charge in [0.05, 0.1) is 6.54 Å². The molecule has 0 bridgehead atoms. The normalized spacial score (nSPS) is 10.2. The summed E-state index contributed by atoms with van der Waals surface area (Å²) in [5.74, 6) is 1.13. The molecule has 0 saturated heterocycles. The van der Waals surface area contributed by atoms with Gasteiger partial charge in [-0.2, -0.15) is 0 Å². The molecular weight excluding hydrogens is 406 g/mol. The van der Waals surface area contributed by atoms with Crippen LogP contribution in [0.1, 0.15) is 17.3 Å². The molecule has 0 fully saturated rings. The molecule has 2 amide bonds. The van der Waals surface area contributed by atoms with Crippen molar-refractivity contribution in [3.63, 3.8) is 0 Å². The number of para-hydroxylation sites is 1. The third-order valence-corrected chi connectivity index (χ3v) is 4.42. The van der Waals surface area contributed by atoms with Crippen molar-refractivity contribution in [2.75, 3.05) is 36.9 Å². The van der Waals surface area contributed by atoms with Crippen molar-refractivity contribution in [2.24, 2.45) is 0 Å². The van der Waals surface area contributed by atoms with Crippen molar-refractivity contribution in [3.05, 3.63) is 84.4 Å². The van der Waals surface area contributed by atoms with Gasteiger partial charge in [-0.3, -0.25) is 9.59 Å². The summed E-state index contributed by atoms with van der Waals surface area (Å²) in [6.45, 7) is 3.35. The molecule has 0 saturated carbocycles. The van der Waals surface area contributed by atoms with Crippen LogP contribution in [0.5, 0.6) is 11.5 Å². The van der Waals surface area contributed by atoms with E-state index in [-0.39, 0.29) is 18.4 Å². The summed E-state index contributed by atoms with van der Waals surface area (Å²) in [5, 5.41) is 8.63. The molecule has 0 aromatic heterocycles. The Morgan fingerprint density at radius 3 is 2.19 bits per heavy atom. The Balaban J connectivity index is 1.41.